The van der Waals surface area contributed by atoms with Crippen molar-refractivity contribution in [3.05, 3.63) is 72.9 Å². The SMILES string of the molecule is CCCCC/C=C\C/C=C\CCCCCCCC(=O)OC[C@H](COP(=O)(O)OC[C@@H](O)COP(=O)(O)OC[C@@H](COC(=O)CCCCCCC/C=C\C/C=C\CCCCC)OC(=O)CCCCCCCCCCCCCCCCCCC)OC(=O)CCCCCCC/C=C\C/C=C\CCCCC. The van der Waals surface area contributed by atoms with Crippen molar-refractivity contribution < 1.29 is 80.2 Å². The topological polar surface area (TPSA) is 237 Å². The summed E-state index contributed by atoms with van der Waals surface area (Å²) >= 11 is 0. The zero-order valence-corrected chi connectivity index (χ0v) is 66.8. The molecule has 0 saturated carbocycles. The standard InChI is InChI=1S/C83H150O17P2/c1-5-9-13-17-21-25-29-33-37-38-42-46-50-54-58-62-66-70-83(88)100-79(74-94-81(86)68-64-60-56-52-48-44-40-35-31-27-23-19-15-11-7-3)76-98-102(91,92)96-72-77(84)71-95-101(89,90)97-75-78(99-82(87)69-65-61-57-53-49-45-41-36-32-28-24-20-16-12-8-4)73-93-80(85)67-63-59-55-51-47-43-39-34-30-26-22-18-14-10-6-2/h22-24,26-28,34-36,39-41,77-79,84H,5-21,25,29-33,37-38,42-76H2,1-4H3,(H,89,90)(H,91,92)/b26-22-,27-23-,28-24-,39-34-,40-35-,41-36-/t77-,78-,79-/m1/s1. The fraction of sp³-hybridized carbons (Fsp3) is 0.807. The van der Waals surface area contributed by atoms with E-state index in [-0.39, 0.29) is 25.7 Å². The number of hydrogen-bond acceptors (Lipinski definition) is 15. The number of carbonyl (C=O) groups excluding carboxylic acids is 4. The molecule has 0 saturated heterocycles. The summed E-state index contributed by atoms with van der Waals surface area (Å²) in [5.41, 5.74) is 0. The maximum absolute atomic E-state index is 13.1. The lowest BCUT2D eigenvalue weighted by Gasteiger charge is -2.21. The van der Waals surface area contributed by atoms with Crippen molar-refractivity contribution in [2.75, 3.05) is 39.6 Å². The average Bonchev–Trinajstić information content (AvgIpc) is 0.922. The summed E-state index contributed by atoms with van der Waals surface area (Å²) in [5, 5.41) is 10.6. The molecule has 0 rings (SSSR count). The number of esters is 4. The zero-order valence-electron chi connectivity index (χ0n) is 65.0. The van der Waals surface area contributed by atoms with E-state index in [1.54, 1.807) is 0 Å². The van der Waals surface area contributed by atoms with Gasteiger partial charge < -0.3 is 33.8 Å². The van der Waals surface area contributed by atoms with E-state index in [0.717, 1.165) is 161 Å². The molecular weight excluding hydrogens is 1330 g/mol. The van der Waals surface area contributed by atoms with Crippen molar-refractivity contribution in [2.24, 2.45) is 0 Å². The highest BCUT2D eigenvalue weighted by molar-refractivity contribution is 7.47. The molecule has 0 spiro atoms. The molecule has 3 N–H and O–H groups in total. The van der Waals surface area contributed by atoms with E-state index in [1.807, 2.05) is 0 Å². The fourth-order valence-electron chi connectivity index (χ4n) is 11.3. The van der Waals surface area contributed by atoms with Crippen LogP contribution in [-0.2, 0) is 65.4 Å². The number of aliphatic hydroxyl groups excluding tert-OH is 1. The zero-order chi connectivity index (χ0) is 74.6. The van der Waals surface area contributed by atoms with Crippen molar-refractivity contribution in [3.8, 4) is 0 Å². The second-order valence-corrected chi connectivity index (χ2v) is 30.6. The molecule has 0 radical (unpaired) electrons. The van der Waals surface area contributed by atoms with Gasteiger partial charge in [-0.3, -0.25) is 37.3 Å². The quantitative estimate of drug-likeness (QED) is 0.0169. The number of phosphoric acid groups is 2. The molecule has 0 fully saturated rings. The smallest absolute Gasteiger partial charge is 0.462 e. The Balaban J connectivity index is 5.36. The number of allylic oxidation sites excluding steroid dienone is 12. The van der Waals surface area contributed by atoms with Gasteiger partial charge in [0, 0.05) is 25.7 Å². The van der Waals surface area contributed by atoms with E-state index < -0.39 is 97.5 Å². The Morgan fingerprint density at radius 3 is 0.745 bits per heavy atom. The molecule has 17 nitrogen and oxygen atoms in total. The second-order valence-electron chi connectivity index (χ2n) is 27.7. The van der Waals surface area contributed by atoms with Crippen LogP contribution >= 0.6 is 15.6 Å². The van der Waals surface area contributed by atoms with Gasteiger partial charge >= 0.3 is 39.5 Å². The summed E-state index contributed by atoms with van der Waals surface area (Å²) in [5.74, 6) is -2.19. The second kappa shape index (κ2) is 75.7. The Labute approximate surface area is 622 Å². The van der Waals surface area contributed by atoms with E-state index in [9.17, 15) is 43.2 Å². The Morgan fingerprint density at radius 2 is 0.480 bits per heavy atom. The number of aliphatic hydroxyl groups is 1. The van der Waals surface area contributed by atoms with E-state index in [2.05, 4.69) is 101 Å². The van der Waals surface area contributed by atoms with Crippen molar-refractivity contribution in [3.63, 3.8) is 0 Å². The first-order valence-corrected chi connectivity index (χ1v) is 44.2. The molecule has 0 heterocycles. The molecule has 102 heavy (non-hydrogen) atoms. The lowest BCUT2D eigenvalue weighted by Crippen LogP contribution is -2.30. The molecule has 0 aromatic heterocycles. The summed E-state index contributed by atoms with van der Waals surface area (Å²) in [4.78, 5) is 73.1. The molecular formula is C83H150O17P2. The van der Waals surface area contributed by atoms with Gasteiger partial charge in [-0.05, 0) is 122 Å². The lowest BCUT2D eigenvalue weighted by molar-refractivity contribution is -0.161. The van der Waals surface area contributed by atoms with Gasteiger partial charge in [0.25, 0.3) is 0 Å². The van der Waals surface area contributed by atoms with Gasteiger partial charge in [-0.25, -0.2) is 9.13 Å². The van der Waals surface area contributed by atoms with Crippen LogP contribution in [0.5, 0.6) is 0 Å². The molecule has 0 aliphatic heterocycles. The third-order valence-electron chi connectivity index (χ3n) is 17.6. The summed E-state index contributed by atoms with van der Waals surface area (Å²) in [6.45, 7) is 4.83. The first-order valence-electron chi connectivity index (χ1n) is 41.2. The van der Waals surface area contributed by atoms with Crippen LogP contribution in [0.3, 0.4) is 0 Å². The molecule has 0 amide bonds. The van der Waals surface area contributed by atoms with Crippen LogP contribution in [0.2, 0.25) is 0 Å². The van der Waals surface area contributed by atoms with Crippen molar-refractivity contribution >= 4 is 39.5 Å². The third-order valence-corrected chi connectivity index (χ3v) is 19.5. The van der Waals surface area contributed by atoms with Gasteiger partial charge in [-0.2, -0.15) is 0 Å². The Morgan fingerprint density at radius 1 is 0.275 bits per heavy atom. The van der Waals surface area contributed by atoms with Gasteiger partial charge in [-0.1, -0.05) is 300 Å². The minimum Gasteiger partial charge on any atom is -0.462 e. The van der Waals surface area contributed by atoms with Crippen LogP contribution in [-0.4, -0.2) is 96.7 Å². The molecule has 19 heteroatoms. The van der Waals surface area contributed by atoms with E-state index in [1.165, 1.54) is 135 Å². The number of carbonyl (C=O) groups is 4. The largest absolute Gasteiger partial charge is 0.472 e. The van der Waals surface area contributed by atoms with Crippen molar-refractivity contribution in [1.29, 1.82) is 0 Å². The molecule has 594 valence electrons. The van der Waals surface area contributed by atoms with Gasteiger partial charge in [0.1, 0.15) is 19.3 Å². The highest BCUT2D eigenvalue weighted by Gasteiger charge is 2.30. The summed E-state index contributed by atoms with van der Waals surface area (Å²) in [6, 6.07) is 0. The van der Waals surface area contributed by atoms with Gasteiger partial charge in [0.2, 0.25) is 0 Å². The number of rotatable bonds is 78. The van der Waals surface area contributed by atoms with E-state index >= 15 is 0 Å². The van der Waals surface area contributed by atoms with Crippen LogP contribution in [0.4, 0.5) is 0 Å². The minimum absolute atomic E-state index is 0.0783. The normalized spacial score (nSPS) is 14.2. The predicted molar refractivity (Wildman–Crippen MR) is 418 cm³/mol. The Kier molecular flexibility index (Phi) is 73.1. The van der Waals surface area contributed by atoms with Crippen molar-refractivity contribution in [1.82, 2.24) is 0 Å². The molecule has 2 unspecified atom stereocenters. The number of unbranched alkanes of at least 4 members (excludes halogenated alkanes) is 40. The maximum atomic E-state index is 13.1. The predicted octanol–water partition coefficient (Wildman–Crippen LogP) is 24.0. The molecule has 0 aromatic rings. The first kappa shape index (κ1) is 98.5. The summed E-state index contributed by atoms with van der Waals surface area (Å²) < 4.78 is 68.7. The Bertz CT molecular complexity index is 2210. The molecule has 0 aliphatic carbocycles. The van der Waals surface area contributed by atoms with Crippen LogP contribution in [0, 0.1) is 0 Å². The Hall–Kier alpha value is -3.50. The first-order chi connectivity index (χ1) is 49.7. The van der Waals surface area contributed by atoms with Crippen LogP contribution < -0.4 is 0 Å². The highest BCUT2D eigenvalue weighted by Crippen LogP contribution is 2.45. The molecule has 0 aromatic carbocycles. The molecule has 0 bridgehead atoms. The summed E-state index contributed by atoms with van der Waals surface area (Å²) in [7, 11) is -9.96. The lowest BCUT2D eigenvalue weighted by atomic mass is 10.0. The third kappa shape index (κ3) is 74.8. The molecule has 5 atom stereocenters. The monoisotopic (exact) mass is 1480 g/mol. The number of phosphoric ester groups is 2. The molecule has 0 aliphatic rings. The van der Waals surface area contributed by atoms with Crippen molar-refractivity contribution in [2.45, 2.75) is 393 Å². The summed E-state index contributed by atoms with van der Waals surface area (Å²) in [6.07, 6.45) is 77.2. The van der Waals surface area contributed by atoms with E-state index in [4.69, 9.17) is 37.0 Å². The minimum atomic E-state index is -4.98. The maximum Gasteiger partial charge on any atom is 0.472 e. The number of ether oxygens (including phenoxy) is 4. The average molecular weight is 1480 g/mol. The van der Waals surface area contributed by atoms with Crippen LogP contribution in [0.15, 0.2) is 72.9 Å². The highest BCUT2D eigenvalue weighted by atomic mass is 31.2. The number of hydrogen-bond donors (Lipinski definition) is 3. The van der Waals surface area contributed by atoms with Gasteiger partial charge in [-0.15, -0.1) is 0 Å². The van der Waals surface area contributed by atoms with Gasteiger partial charge in [0.15, 0.2) is 12.2 Å². The van der Waals surface area contributed by atoms with E-state index in [0.29, 0.717) is 25.7 Å². The van der Waals surface area contributed by atoms with Crippen LogP contribution in [0.25, 0.3) is 0 Å². The van der Waals surface area contributed by atoms with Crippen LogP contribution in [0.1, 0.15) is 374 Å². The fourth-order valence-corrected chi connectivity index (χ4v) is 12.9. The van der Waals surface area contributed by atoms with Gasteiger partial charge in [0.05, 0.1) is 26.4 Å².